The fraction of sp³-hybridized carbons (Fsp3) is 0.538. The van der Waals surface area contributed by atoms with Gasteiger partial charge in [0.25, 0.3) is 0 Å². The quantitative estimate of drug-likeness (QED) is 0.709. The first-order chi connectivity index (χ1) is 6.75. The molecule has 0 radical (unpaired) electrons. The number of hydrogen-bond acceptors (Lipinski definition) is 1. The van der Waals surface area contributed by atoms with Gasteiger partial charge in [0.1, 0.15) is 0 Å². The molecule has 14 heavy (non-hydrogen) atoms. The SMILES string of the molecule is CC(C)c1ccc2c(c1)N[C@H]1CCC21. The minimum atomic E-state index is 0.639. The topological polar surface area (TPSA) is 12.0 Å². The largest absolute Gasteiger partial charge is 0.381 e. The van der Waals surface area contributed by atoms with Gasteiger partial charge in [0, 0.05) is 17.6 Å². The summed E-state index contributed by atoms with van der Waals surface area (Å²) in [5.74, 6) is 1.46. The van der Waals surface area contributed by atoms with E-state index in [0.29, 0.717) is 5.92 Å². The highest BCUT2D eigenvalue weighted by Gasteiger charge is 2.38. The molecule has 74 valence electrons. The highest BCUT2D eigenvalue weighted by Crippen LogP contribution is 2.48. The van der Waals surface area contributed by atoms with Gasteiger partial charge in [-0.3, -0.25) is 0 Å². The van der Waals surface area contributed by atoms with E-state index in [1.807, 2.05) is 0 Å². The predicted octanol–water partition coefficient (Wildman–Crippen LogP) is 3.48. The average Bonchev–Trinajstić information content (AvgIpc) is 2.37. The van der Waals surface area contributed by atoms with Gasteiger partial charge in [0.05, 0.1) is 0 Å². The van der Waals surface area contributed by atoms with E-state index in [1.54, 1.807) is 5.56 Å². The second-order valence-corrected chi connectivity index (χ2v) is 4.94. The highest BCUT2D eigenvalue weighted by atomic mass is 15.0. The molecule has 3 rings (SSSR count). The molecular weight excluding hydrogens is 170 g/mol. The van der Waals surface area contributed by atoms with E-state index in [1.165, 1.54) is 24.1 Å². The van der Waals surface area contributed by atoms with Crippen LogP contribution < -0.4 is 5.32 Å². The van der Waals surface area contributed by atoms with Crippen molar-refractivity contribution >= 4 is 5.69 Å². The van der Waals surface area contributed by atoms with Crippen LogP contribution >= 0.6 is 0 Å². The lowest BCUT2D eigenvalue weighted by Crippen LogP contribution is -2.29. The van der Waals surface area contributed by atoms with E-state index in [-0.39, 0.29) is 0 Å². The van der Waals surface area contributed by atoms with Crippen molar-refractivity contribution in [2.45, 2.75) is 44.6 Å². The van der Waals surface area contributed by atoms with Crippen molar-refractivity contribution in [1.82, 2.24) is 0 Å². The Labute approximate surface area is 85.5 Å². The third-order valence-electron chi connectivity index (χ3n) is 3.76. The van der Waals surface area contributed by atoms with Gasteiger partial charge in [-0.25, -0.2) is 0 Å². The summed E-state index contributed by atoms with van der Waals surface area (Å²) >= 11 is 0. The zero-order valence-electron chi connectivity index (χ0n) is 8.88. The van der Waals surface area contributed by atoms with Crippen molar-refractivity contribution in [3.8, 4) is 0 Å². The second-order valence-electron chi connectivity index (χ2n) is 4.94. The van der Waals surface area contributed by atoms with E-state index in [9.17, 15) is 0 Å². The molecule has 0 bridgehead atoms. The zero-order chi connectivity index (χ0) is 9.71. The molecule has 1 aliphatic carbocycles. The lowest BCUT2D eigenvalue weighted by molar-refractivity contribution is 0.391. The van der Waals surface area contributed by atoms with Crippen LogP contribution in [0.3, 0.4) is 0 Å². The maximum absolute atomic E-state index is 3.63. The summed E-state index contributed by atoms with van der Waals surface area (Å²) in [5, 5.41) is 3.63. The molecular formula is C13H17N. The molecule has 1 nitrogen and oxygen atoms in total. The minimum Gasteiger partial charge on any atom is -0.381 e. The van der Waals surface area contributed by atoms with Gasteiger partial charge in [-0.15, -0.1) is 0 Å². The average molecular weight is 187 g/mol. The Morgan fingerprint density at radius 1 is 1.29 bits per heavy atom. The Balaban J connectivity index is 2.01. The van der Waals surface area contributed by atoms with E-state index in [2.05, 4.69) is 37.4 Å². The lowest BCUT2D eigenvalue weighted by atomic mass is 9.78. The molecule has 1 heteroatoms. The van der Waals surface area contributed by atoms with E-state index >= 15 is 0 Å². The predicted molar refractivity (Wildman–Crippen MR) is 59.9 cm³/mol. The maximum atomic E-state index is 3.63. The minimum absolute atomic E-state index is 0.639. The summed E-state index contributed by atoms with van der Waals surface area (Å²) in [6, 6.07) is 7.73. The molecule has 1 fully saturated rings. The molecule has 1 heterocycles. The third kappa shape index (κ3) is 1.01. The van der Waals surface area contributed by atoms with Crippen LogP contribution in [0.4, 0.5) is 5.69 Å². The van der Waals surface area contributed by atoms with E-state index in [0.717, 1.165) is 12.0 Å². The van der Waals surface area contributed by atoms with Crippen LogP contribution in [-0.4, -0.2) is 6.04 Å². The normalized spacial score (nSPS) is 27.9. The van der Waals surface area contributed by atoms with Crippen molar-refractivity contribution in [1.29, 1.82) is 0 Å². The van der Waals surface area contributed by atoms with Crippen LogP contribution in [0.15, 0.2) is 18.2 Å². The summed E-state index contributed by atoms with van der Waals surface area (Å²) in [4.78, 5) is 0. The molecule has 1 N–H and O–H groups in total. The van der Waals surface area contributed by atoms with Gasteiger partial charge < -0.3 is 5.32 Å². The van der Waals surface area contributed by atoms with Crippen LogP contribution in [0.25, 0.3) is 0 Å². The molecule has 2 aliphatic rings. The Kier molecular flexibility index (Phi) is 1.64. The third-order valence-corrected chi connectivity index (χ3v) is 3.76. The van der Waals surface area contributed by atoms with Crippen molar-refractivity contribution in [2.75, 3.05) is 5.32 Å². The van der Waals surface area contributed by atoms with E-state index < -0.39 is 0 Å². The molecule has 1 aromatic carbocycles. The molecule has 1 saturated carbocycles. The zero-order valence-corrected chi connectivity index (χ0v) is 8.88. The van der Waals surface area contributed by atoms with Gasteiger partial charge in [-0.2, -0.15) is 0 Å². The summed E-state index contributed by atoms with van der Waals surface area (Å²) in [7, 11) is 0. The number of nitrogens with one attached hydrogen (secondary N) is 1. The maximum Gasteiger partial charge on any atom is 0.0381 e. The van der Waals surface area contributed by atoms with Crippen molar-refractivity contribution in [2.24, 2.45) is 0 Å². The molecule has 0 spiro atoms. The number of hydrogen-bond donors (Lipinski definition) is 1. The van der Waals surface area contributed by atoms with Gasteiger partial charge in [-0.05, 0) is 36.0 Å². The highest BCUT2D eigenvalue weighted by molar-refractivity contribution is 5.62. The number of benzene rings is 1. The van der Waals surface area contributed by atoms with Crippen molar-refractivity contribution < 1.29 is 0 Å². The van der Waals surface area contributed by atoms with Gasteiger partial charge in [-0.1, -0.05) is 26.0 Å². The Hall–Kier alpha value is -0.980. The van der Waals surface area contributed by atoms with Crippen LogP contribution in [0, 0.1) is 0 Å². The summed E-state index contributed by atoms with van der Waals surface area (Å²) in [5.41, 5.74) is 4.42. The molecule has 0 amide bonds. The molecule has 2 atom stereocenters. The fourth-order valence-corrected chi connectivity index (χ4v) is 2.63. The van der Waals surface area contributed by atoms with Crippen molar-refractivity contribution in [3.63, 3.8) is 0 Å². The van der Waals surface area contributed by atoms with Gasteiger partial charge in [0.15, 0.2) is 0 Å². The Morgan fingerprint density at radius 2 is 2.14 bits per heavy atom. The number of rotatable bonds is 1. The monoisotopic (exact) mass is 187 g/mol. The smallest absolute Gasteiger partial charge is 0.0381 e. The number of anilines is 1. The molecule has 1 aliphatic heterocycles. The Morgan fingerprint density at radius 3 is 2.79 bits per heavy atom. The van der Waals surface area contributed by atoms with Crippen LogP contribution in [0.1, 0.15) is 49.7 Å². The van der Waals surface area contributed by atoms with E-state index in [4.69, 9.17) is 0 Å². The standard InChI is InChI=1S/C13H17N/c1-8(2)9-3-4-11-10-5-6-12(10)14-13(11)7-9/h3-4,7-8,10,12,14H,5-6H2,1-2H3/t10?,12-/m0/s1. The summed E-state index contributed by atoms with van der Waals surface area (Å²) < 4.78 is 0. The first-order valence-electron chi connectivity index (χ1n) is 5.66. The van der Waals surface area contributed by atoms with Crippen LogP contribution in [-0.2, 0) is 0 Å². The summed E-state index contributed by atoms with van der Waals surface area (Å²) in [6.07, 6.45) is 2.74. The fourth-order valence-electron chi connectivity index (χ4n) is 2.63. The molecule has 1 aromatic rings. The lowest BCUT2D eigenvalue weighted by Gasteiger charge is -2.30. The van der Waals surface area contributed by atoms with Crippen LogP contribution in [0.2, 0.25) is 0 Å². The van der Waals surface area contributed by atoms with Crippen LogP contribution in [0.5, 0.6) is 0 Å². The van der Waals surface area contributed by atoms with Crippen molar-refractivity contribution in [3.05, 3.63) is 29.3 Å². The van der Waals surface area contributed by atoms with Gasteiger partial charge in [0.2, 0.25) is 0 Å². The molecule has 1 unspecified atom stereocenters. The summed E-state index contributed by atoms with van der Waals surface area (Å²) in [6.45, 7) is 4.51. The second kappa shape index (κ2) is 2.75. The molecule has 0 aromatic heterocycles. The first-order valence-corrected chi connectivity index (χ1v) is 5.66. The van der Waals surface area contributed by atoms with Gasteiger partial charge >= 0.3 is 0 Å². The number of fused-ring (bicyclic) bond motifs is 3. The molecule has 0 saturated heterocycles. The Bertz CT molecular complexity index is 367. The first kappa shape index (κ1) is 8.34.